The fraction of sp³-hybridized carbons (Fsp3) is 0.750. The van der Waals surface area contributed by atoms with Crippen LogP contribution in [0.25, 0.3) is 0 Å². The van der Waals surface area contributed by atoms with Crippen LogP contribution in [0.1, 0.15) is 32.6 Å². The van der Waals surface area contributed by atoms with Crippen molar-refractivity contribution < 1.29 is 9.15 Å². The Balaban J connectivity index is 0.00000392. The summed E-state index contributed by atoms with van der Waals surface area (Å²) in [5.74, 6) is 2.36. The van der Waals surface area contributed by atoms with Gasteiger partial charge in [0.2, 0.25) is 0 Å². The van der Waals surface area contributed by atoms with Gasteiger partial charge >= 0.3 is 0 Å². The minimum atomic E-state index is 0. The topological polar surface area (TPSA) is 65.3 Å². The lowest BCUT2D eigenvalue weighted by atomic mass is 10.0. The van der Waals surface area contributed by atoms with Crippen LogP contribution in [0.3, 0.4) is 0 Å². The summed E-state index contributed by atoms with van der Waals surface area (Å²) >= 11 is 0. The van der Waals surface area contributed by atoms with Gasteiger partial charge in [0.25, 0.3) is 0 Å². The van der Waals surface area contributed by atoms with Gasteiger partial charge in [-0.1, -0.05) is 13.8 Å². The number of rotatable bonds is 9. The summed E-state index contributed by atoms with van der Waals surface area (Å²) in [4.78, 5) is 9.55. The van der Waals surface area contributed by atoms with Gasteiger partial charge < -0.3 is 19.8 Å². The fourth-order valence-electron chi connectivity index (χ4n) is 3.40. The first-order valence-corrected chi connectivity index (χ1v) is 10.1. The molecule has 7 nitrogen and oxygen atoms in total. The minimum absolute atomic E-state index is 0. The number of halogens is 1. The van der Waals surface area contributed by atoms with Crippen LogP contribution in [0.4, 0.5) is 0 Å². The van der Waals surface area contributed by atoms with Crippen molar-refractivity contribution in [1.29, 1.82) is 0 Å². The molecule has 28 heavy (non-hydrogen) atoms. The maximum atomic E-state index is 5.60. The van der Waals surface area contributed by atoms with Crippen LogP contribution < -0.4 is 10.6 Å². The number of nitrogens with one attached hydrogen (secondary N) is 2. The highest BCUT2D eigenvalue weighted by Crippen LogP contribution is 2.17. The van der Waals surface area contributed by atoms with Crippen LogP contribution in [0.2, 0.25) is 0 Å². The molecule has 0 spiro atoms. The van der Waals surface area contributed by atoms with Crippen molar-refractivity contribution in [2.75, 3.05) is 60.0 Å². The highest BCUT2D eigenvalue weighted by Gasteiger charge is 2.24. The molecule has 1 aliphatic heterocycles. The zero-order valence-electron chi connectivity index (χ0n) is 18.0. The number of furan rings is 1. The average Bonchev–Trinajstić information content (AvgIpc) is 3.16. The number of aliphatic imine (C=N–C) groups is 1. The van der Waals surface area contributed by atoms with Gasteiger partial charge in [-0.05, 0) is 39.1 Å². The minimum Gasteiger partial charge on any atom is -0.468 e. The van der Waals surface area contributed by atoms with Crippen molar-refractivity contribution in [2.45, 2.75) is 32.9 Å². The van der Waals surface area contributed by atoms with Crippen molar-refractivity contribution in [2.24, 2.45) is 10.9 Å². The van der Waals surface area contributed by atoms with E-state index >= 15 is 0 Å². The van der Waals surface area contributed by atoms with Gasteiger partial charge in [-0.25, -0.2) is 0 Å². The Labute approximate surface area is 187 Å². The van der Waals surface area contributed by atoms with Gasteiger partial charge in [-0.2, -0.15) is 0 Å². The van der Waals surface area contributed by atoms with E-state index in [0.717, 1.165) is 57.7 Å². The number of likely N-dealkylation sites (N-methyl/N-ethyl adjacent to an activating group) is 1. The van der Waals surface area contributed by atoms with Crippen LogP contribution >= 0.6 is 24.0 Å². The third kappa shape index (κ3) is 7.88. The zero-order valence-corrected chi connectivity index (χ0v) is 20.3. The van der Waals surface area contributed by atoms with Crippen LogP contribution in [-0.4, -0.2) is 81.8 Å². The molecule has 8 heteroatoms. The van der Waals surface area contributed by atoms with Crippen LogP contribution in [0, 0.1) is 5.92 Å². The molecule has 1 fully saturated rings. The number of guanidine groups is 1. The molecule has 2 N–H and O–H groups in total. The monoisotopic (exact) mass is 507 g/mol. The second kappa shape index (κ2) is 13.4. The largest absolute Gasteiger partial charge is 0.468 e. The molecule has 1 aromatic heterocycles. The molecule has 162 valence electrons. The lowest BCUT2D eigenvalue weighted by Crippen LogP contribution is -2.48. The van der Waals surface area contributed by atoms with Crippen molar-refractivity contribution in [3.63, 3.8) is 0 Å². The molecule has 2 unspecified atom stereocenters. The summed E-state index contributed by atoms with van der Waals surface area (Å²) < 4.78 is 11.1. The Morgan fingerprint density at radius 1 is 1.25 bits per heavy atom. The van der Waals surface area contributed by atoms with Crippen molar-refractivity contribution in [1.82, 2.24) is 20.4 Å². The molecule has 1 saturated heterocycles. The molecular formula is C20H38IN5O2. The molecule has 0 bridgehead atoms. The molecule has 1 aliphatic rings. The molecule has 2 atom stereocenters. The van der Waals surface area contributed by atoms with E-state index in [1.165, 1.54) is 0 Å². The predicted molar refractivity (Wildman–Crippen MR) is 126 cm³/mol. The van der Waals surface area contributed by atoms with Crippen molar-refractivity contribution >= 4 is 29.9 Å². The van der Waals surface area contributed by atoms with Gasteiger partial charge in [0, 0.05) is 32.2 Å². The first kappa shape index (κ1) is 25.2. The van der Waals surface area contributed by atoms with Gasteiger partial charge in [0.15, 0.2) is 5.96 Å². The second-order valence-corrected chi connectivity index (χ2v) is 7.56. The Hall–Kier alpha value is -0.840. The summed E-state index contributed by atoms with van der Waals surface area (Å²) in [5, 5.41) is 6.85. The maximum Gasteiger partial charge on any atom is 0.191 e. The molecule has 1 aromatic rings. The zero-order chi connectivity index (χ0) is 19.6. The number of hydrogen-bond donors (Lipinski definition) is 2. The summed E-state index contributed by atoms with van der Waals surface area (Å²) in [7, 11) is 4.12. The smallest absolute Gasteiger partial charge is 0.191 e. The van der Waals surface area contributed by atoms with E-state index in [9.17, 15) is 0 Å². The summed E-state index contributed by atoms with van der Waals surface area (Å²) in [6.45, 7) is 12.6. The van der Waals surface area contributed by atoms with Gasteiger partial charge in [0.1, 0.15) is 5.76 Å². The maximum absolute atomic E-state index is 5.60. The molecular weight excluding hydrogens is 469 g/mol. The Bertz CT molecular complexity index is 545. The Morgan fingerprint density at radius 3 is 2.50 bits per heavy atom. The molecule has 0 aliphatic carbocycles. The number of nitrogens with zero attached hydrogens (tertiary/aromatic N) is 3. The summed E-state index contributed by atoms with van der Waals surface area (Å²) in [5.41, 5.74) is 0. The Morgan fingerprint density at radius 2 is 1.96 bits per heavy atom. The van der Waals surface area contributed by atoms with E-state index in [1.807, 2.05) is 12.1 Å². The van der Waals surface area contributed by atoms with E-state index in [1.54, 1.807) is 6.26 Å². The number of morpholine rings is 1. The van der Waals surface area contributed by atoms with Crippen LogP contribution in [-0.2, 0) is 4.74 Å². The van der Waals surface area contributed by atoms with Crippen LogP contribution in [0.15, 0.2) is 27.8 Å². The first-order chi connectivity index (χ1) is 13.0. The molecule has 2 rings (SSSR count). The molecule has 0 amide bonds. The highest BCUT2D eigenvalue weighted by molar-refractivity contribution is 14.0. The fourth-order valence-corrected chi connectivity index (χ4v) is 3.40. The summed E-state index contributed by atoms with van der Waals surface area (Å²) in [6, 6.07) is 4.53. The Kier molecular flexibility index (Phi) is 12.1. The van der Waals surface area contributed by atoms with E-state index in [4.69, 9.17) is 14.1 Å². The molecule has 2 heterocycles. The average molecular weight is 507 g/mol. The lowest BCUT2D eigenvalue weighted by molar-refractivity contribution is 0.00867. The van der Waals surface area contributed by atoms with E-state index in [2.05, 4.69) is 55.3 Å². The van der Waals surface area contributed by atoms with Crippen molar-refractivity contribution in [3.05, 3.63) is 24.2 Å². The normalized spacial score (nSPS) is 18.0. The van der Waals surface area contributed by atoms with E-state index in [-0.39, 0.29) is 30.0 Å². The number of hydrogen-bond acceptors (Lipinski definition) is 5. The molecule has 0 aromatic carbocycles. The van der Waals surface area contributed by atoms with Crippen LogP contribution in [0.5, 0.6) is 0 Å². The van der Waals surface area contributed by atoms with E-state index in [0.29, 0.717) is 12.0 Å². The third-order valence-electron chi connectivity index (χ3n) is 5.02. The number of ether oxygens (including phenoxy) is 1. The molecule has 0 radical (unpaired) electrons. The highest BCUT2D eigenvalue weighted by atomic mass is 127. The molecule has 0 saturated carbocycles. The van der Waals surface area contributed by atoms with Gasteiger partial charge in [0.05, 0.1) is 32.1 Å². The lowest BCUT2D eigenvalue weighted by Gasteiger charge is -2.36. The van der Waals surface area contributed by atoms with Crippen molar-refractivity contribution in [3.8, 4) is 0 Å². The summed E-state index contributed by atoms with van der Waals surface area (Å²) in [6.07, 6.45) is 1.72. The second-order valence-electron chi connectivity index (χ2n) is 7.56. The first-order valence-electron chi connectivity index (χ1n) is 10.1. The third-order valence-corrected chi connectivity index (χ3v) is 5.02. The van der Waals surface area contributed by atoms with Gasteiger partial charge in [-0.15, -0.1) is 24.0 Å². The van der Waals surface area contributed by atoms with E-state index < -0.39 is 0 Å². The predicted octanol–water partition coefficient (Wildman–Crippen LogP) is 2.41. The van der Waals surface area contributed by atoms with Gasteiger partial charge in [-0.3, -0.25) is 14.8 Å². The SMILES string of the molecule is CCNC(=NCC(C(C)C)N1CCOCC1)NCC(c1ccco1)N(C)C.I. The quantitative estimate of drug-likeness (QED) is 0.304. The standard InChI is InChI=1S/C20H37N5O2.HI/c1-6-21-20(23-15-18(24(4)5)19-8-7-11-27-19)22-14-17(16(2)3)25-9-12-26-13-10-25;/h7-8,11,16-18H,6,9-10,12-15H2,1-5H3,(H2,21,22,23);1H.